The summed E-state index contributed by atoms with van der Waals surface area (Å²) >= 11 is 1.33. The lowest BCUT2D eigenvalue weighted by molar-refractivity contribution is 0.0515. The van der Waals surface area contributed by atoms with Crippen molar-refractivity contribution in [1.29, 1.82) is 0 Å². The van der Waals surface area contributed by atoms with E-state index in [2.05, 4.69) is 10.6 Å². The molecule has 3 N–H and O–H groups in total. The zero-order chi connectivity index (χ0) is 21.4. The Balaban J connectivity index is 2.10. The second-order valence-electron chi connectivity index (χ2n) is 7.46. The van der Waals surface area contributed by atoms with Crippen LogP contribution in [-0.2, 0) is 4.74 Å². The van der Waals surface area contributed by atoms with Crippen LogP contribution in [0, 0.1) is 0 Å². The molecular weight excluding hydrogens is 392 g/mol. The van der Waals surface area contributed by atoms with Gasteiger partial charge in [0.05, 0.1) is 11.5 Å². The van der Waals surface area contributed by atoms with Gasteiger partial charge in [-0.2, -0.15) is 0 Å². The molecule has 1 aromatic heterocycles. The van der Waals surface area contributed by atoms with Gasteiger partial charge in [0.2, 0.25) is 0 Å². The van der Waals surface area contributed by atoms with Crippen LogP contribution in [0.25, 0.3) is 0 Å². The Morgan fingerprint density at radius 2 is 2.00 bits per heavy atom. The molecule has 1 aromatic carbocycles. The van der Waals surface area contributed by atoms with Crippen LogP contribution in [0.5, 0.6) is 5.75 Å². The van der Waals surface area contributed by atoms with Gasteiger partial charge in [-0.15, -0.1) is 11.3 Å². The second kappa shape index (κ2) is 10.4. The molecule has 1 amide bonds. The smallest absolute Gasteiger partial charge is 0.341 e. The molecule has 0 aliphatic heterocycles. The van der Waals surface area contributed by atoms with Crippen LogP contribution in [0.3, 0.4) is 0 Å². The van der Waals surface area contributed by atoms with Gasteiger partial charge in [-0.3, -0.25) is 4.79 Å². The molecule has 1 unspecified atom stereocenters. The number of β-amino-alcohol motifs (C(OH)–C–C–N with tert-alkyl or cyclic N) is 1. The van der Waals surface area contributed by atoms with E-state index < -0.39 is 12.1 Å². The predicted molar refractivity (Wildman–Crippen MR) is 114 cm³/mol. The monoisotopic (exact) mass is 420 g/mol. The van der Waals surface area contributed by atoms with Gasteiger partial charge in [-0.25, -0.2) is 4.79 Å². The van der Waals surface area contributed by atoms with Gasteiger partial charge < -0.3 is 25.2 Å². The van der Waals surface area contributed by atoms with Crippen molar-refractivity contribution in [3.8, 4) is 5.75 Å². The number of carbonyl (C=O) groups is 2. The summed E-state index contributed by atoms with van der Waals surface area (Å²) in [5.41, 5.74) is 0.514. The highest BCUT2D eigenvalue weighted by Gasteiger charge is 2.18. The maximum atomic E-state index is 12.3. The third-order valence-electron chi connectivity index (χ3n) is 3.78. The van der Waals surface area contributed by atoms with E-state index in [1.165, 1.54) is 17.4 Å². The highest BCUT2D eigenvalue weighted by Crippen LogP contribution is 2.25. The van der Waals surface area contributed by atoms with Gasteiger partial charge in [-0.1, -0.05) is 6.07 Å². The first-order chi connectivity index (χ1) is 13.7. The molecule has 0 saturated heterocycles. The summed E-state index contributed by atoms with van der Waals surface area (Å²) in [7, 11) is 0. The second-order valence-corrected chi connectivity index (χ2v) is 8.41. The molecule has 0 fully saturated rings. The maximum Gasteiger partial charge on any atom is 0.341 e. The van der Waals surface area contributed by atoms with Crippen LogP contribution in [0.2, 0.25) is 0 Å². The number of rotatable bonds is 9. The SMILES string of the molecule is CCOC(=O)c1cc(NC(=O)c2cccs2)ccc1OCC(O)CNC(C)(C)C. The number of amides is 1. The number of hydrogen-bond donors (Lipinski definition) is 3. The summed E-state index contributed by atoms with van der Waals surface area (Å²) in [6.45, 7) is 8.29. The van der Waals surface area contributed by atoms with Gasteiger partial charge in [0.25, 0.3) is 5.91 Å². The minimum Gasteiger partial charge on any atom is -0.490 e. The van der Waals surface area contributed by atoms with Crippen LogP contribution < -0.4 is 15.4 Å². The minimum absolute atomic E-state index is 0.0103. The number of nitrogens with one attached hydrogen (secondary N) is 2. The van der Waals surface area contributed by atoms with Gasteiger partial charge >= 0.3 is 5.97 Å². The number of thiophene rings is 1. The first-order valence-electron chi connectivity index (χ1n) is 9.41. The third-order valence-corrected chi connectivity index (χ3v) is 4.65. The average molecular weight is 421 g/mol. The topological polar surface area (TPSA) is 96.9 Å². The van der Waals surface area contributed by atoms with Crippen LogP contribution >= 0.6 is 11.3 Å². The number of carbonyl (C=O) groups excluding carboxylic acids is 2. The third kappa shape index (κ3) is 7.49. The zero-order valence-corrected chi connectivity index (χ0v) is 18.0. The fourth-order valence-electron chi connectivity index (χ4n) is 2.37. The number of aliphatic hydroxyl groups is 1. The summed E-state index contributed by atoms with van der Waals surface area (Å²) in [6.07, 6.45) is -0.748. The normalized spacial score (nSPS) is 12.3. The number of ether oxygens (including phenoxy) is 2. The zero-order valence-electron chi connectivity index (χ0n) is 17.2. The lowest BCUT2D eigenvalue weighted by Crippen LogP contribution is -2.42. The number of hydrogen-bond acceptors (Lipinski definition) is 7. The summed E-state index contributed by atoms with van der Waals surface area (Å²) in [5, 5.41) is 17.9. The molecule has 7 nitrogen and oxygen atoms in total. The molecule has 0 aliphatic rings. The van der Waals surface area contributed by atoms with E-state index in [1.807, 2.05) is 26.2 Å². The largest absolute Gasteiger partial charge is 0.490 e. The molecule has 158 valence electrons. The Bertz CT molecular complexity index is 815. The van der Waals surface area contributed by atoms with Crippen molar-refractivity contribution in [3.05, 3.63) is 46.2 Å². The van der Waals surface area contributed by atoms with Crippen molar-refractivity contribution in [3.63, 3.8) is 0 Å². The van der Waals surface area contributed by atoms with E-state index in [0.717, 1.165) is 0 Å². The number of benzene rings is 1. The van der Waals surface area contributed by atoms with Crippen LogP contribution in [0.4, 0.5) is 5.69 Å². The van der Waals surface area contributed by atoms with Crippen molar-refractivity contribution in [1.82, 2.24) is 5.32 Å². The fourth-order valence-corrected chi connectivity index (χ4v) is 2.99. The summed E-state index contributed by atoms with van der Waals surface area (Å²) < 4.78 is 10.8. The highest BCUT2D eigenvalue weighted by atomic mass is 32.1. The molecule has 0 radical (unpaired) electrons. The Hall–Kier alpha value is -2.42. The Labute approximate surface area is 175 Å². The summed E-state index contributed by atoms with van der Waals surface area (Å²) in [6, 6.07) is 8.25. The molecule has 2 aromatic rings. The first kappa shape index (κ1) is 22.9. The van der Waals surface area contributed by atoms with Crippen LogP contribution in [0.1, 0.15) is 47.7 Å². The van der Waals surface area contributed by atoms with Crippen molar-refractivity contribution in [2.75, 3.05) is 25.1 Å². The highest BCUT2D eigenvalue weighted by molar-refractivity contribution is 7.12. The lowest BCUT2D eigenvalue weighted by atomic mass is 10.1. The van der Waals surface area contributed by atoms with E-state index in [-0.39, 0.29) is 36.0 Å². The molecule has 8 heteroatoms. The molecule has 0 saturated carbocycles. The molecule has 0 spiro atoms. The molecule has 1 heterocycles. The standard InChI is InChI=1S/C21H28N2O5S/c1-5-27-20(26)16-11-14(23-19(25)18-7-6-10-29-18)8-9-17(16)28-13-15(24)12-22-21(2,3)4/h6-11,15,22,24H,5,12-13H2,1-4H3,(H,23,25). The van der Waals surface area contributed by atoms with Crippen molar-refractivity contribution in [2.24, 2.45) is 0 Å². The Kier molecular flexibility index (Phi) is 8.19. The molecule has 0 aliphatic carbocycles. The Morgan fingerprint density at radius 3 is 2.62 bits per heavy atom. The molecular formula is C21H28N2O5S. The lowest BCUT2D eigenvalue weighted by Gasteiger charge is -2.23. The maximum absolute atomic E-state index is 12.3. The number of esters is 1. The van der Waals surface area contributed by atoms with Crippen molar-refractivity contribution in [2.45, 2.75) is 39.3 Å². The first-order valence-corrected chi connectivity index (χ1v) is 10.3. The number of anilines is 1. The van der Waals surface area contributed by atoms with Crippen LogP contribution in [0.15, 0.2) is 35.7 Å². The van der Waals surface area contributed by atoms with E-state index in [0.29, 0.717) is 17.1 Å². The molecule has 1 atom stereocenters. The van der Waals surface area contributed by atoms with E-state index >= 15 is 0 Å². The van der Waals surface area contributed by atoms with Gasteiger partial charge in [0.1, 0.15) is 24.0 Å². The summed E-state index contributed by atoms with van der Waals surface area (Å²) in [4.78, 5) is 25.2. The number of aliphatic hydroxyl groups excluding tert-OH is 1. The Morgan fingerprint density at radius 1 is 1.24 bits per heavy atom. The van der Waals surface area contributed by atoms with Crippen molar-refractivity contribution < 1.29 is 24.2 Å². The van der Waals surface area contributed by atoms with Gasteiger partial charge in [0, 0.05) is 17.8 Å². The van der Waals surface area contributed by atoms with E-state index in [1.54, 1.807) is 31.2 Å². The fraction of sp³-hybridized carbons (Fsp3) is 0.429. The average Bonchev–Trinajstić information content (AvgIpc) is 3.20. The minimum atomic E-state index is -0.748. The van der Waals surface area contributed by atoms with Gasteiger partial charge in [-0.05, 0) is 57.3 Å². The summed E-state index contributed by atoms with van der Waals surface area (Å²) in [5.74, 6) is -0.531. The molecule has 29 heavy (non-hydrogen) atoms. The molecule has 0 bridgehead atoms. The van der Waals surface area contributed by atoms with Gasteiger partial charge in [0.15, 0.2) is 0 Å². The molecule has 2 rings (SSSR count). The van der Waals surface area contributed by atoms with Crippen molar-refractivity contribution >= 4 is 28.9 Å². The van der Waals surface area contributed by atoms with E-state index in [9.17, 15) is 14.7 Å². The quantitative estimate of drug-likeness (QED) is 0.539. The van der Waals surface area contributed by atoms with E-state index in [4.69, 9.17) is 9.47 Å². The van der Waals surface area contributed by atoms with Crippen LogP contribution in [-0.4, -0.2) is 48.4 Å². The predicted octanol–water partition coefficient (Wildman–Crippen LogP) is 3.30.